The summed E-state index contributed by atoms with van der Waals surface area (Å²) in [7, 11) is 0. The lowest BCUT2D eigenvalue weighted by molar-refractivity contribution is 0.591. The van der Waals surface area contributed by atoms with Crippen molar-refractivity contribution in [3.63, 3.8) is 0 Å². The summed E-state index contributed by atoms with van der Waals surface area (Å²) in [6, 6.07) is 8.52. The number of halogens is 3. The minimum absolute atomic E-state index is 0.0563. The smallest absolute Gasteiger partial charge is 0.136 e. The van der Waals surface area contributed by atoms with Gasteiger partial charge < -0.3 is 5.73 Å². The fourth-order valence-corrected chi connectivity index (χ4v) is 1.70. The SMILES string of the molecule is Nc1cc(F)c(-c2cccc(Cl)c2)c(F)c1. The van der Waals surface area contributed by atoms with Crippen molar-refractivity contribution in [1.82, 2.24) is 0 Å². The summed E-state index contributed by atoms with van der Waals surface area (Å²) in [5.74, 6) is -1.39. The molecule has 0 fully saturated rings. The second-order valence-electron chi connectivity index (χ2n) is 3.37. The number of hydrogen-bond acceptors (Lipinski definition) is 1. The van der Waals surface area contributed by atoms with Gasteiger partial charge in [0.05, 0.1) is 5.56 Å². The van der Waals surface area contributed by atoms with Crippen molar-refractivity contribution in [2.75, 3.05) is 5.73 Å². The summed E-state index contributed by atoms with van der Waals surface area (Å²) in [6.07, 6.45) is 0. The second-order valence-corrected chi connectivity index (χ2v) is 3.81. The molecule has 2 aromatic carbocycles. The molecule has 2 N–H and O–H groups in total. The van der Waals surface area contributed by atoms with Crippen molar-refractivity contribution in [3.8, 4) is 11.1 Å². The maximum Gasteiger partial charge on any atom is 0.136 e. The molecule has 2 rings (SSSR count). The highest BCUT2D eigenvalue weighted by molar-refractivity contribution is 6.30. The highest BCUT2D eigenvalue weighted by Gasteiger charge is 2.12. The lowest BCUT2D eigenvalue weighted by Gasteiger charge is -2.06. The van der Waals surface area contributed by atoms with Gasteiger partial charge >= 0.3 is 0 Å². The third-order valence-electron chi connectivity index (χ3n) is 2.18. The molecule has 0 aliphatic carbocycles. The minimum Gasteiger partial charge on any atom is -0.399 e. The van der Waals surface area contributed by atoms with E-state index >= 15 is 0 Å². The predicted octanol–water partition coefficient (Wildman–Crippen LogP) is 3.87. The van der Waals surface area contributed by atoms with Crippen LogP contribution in [0.4, 0.5) is 14.5 Å². The molecule has 2 aromatic rings. The Balaban J connectivity index is 2.64. The first-order chi connectivity index (χ1) is 7.58. The van der Waals surface area contributed by atoms with E-state index < -0.39 is 11.6 Å². The Morgan fingerprint density at radius 1 is 1.00 bits per heavy atom. The lowest BCUT2D eigenvalue weighted by atomic mass is 10.0. The Hall–Kier alpha value is -1.61. The molecule has 1 nitrogen and oxygen atoms in total. The van der Waals surface area contributed by atoms with Gasteiger partial charge in [0, 0.05) is 10.7 Å². The van der Waals surface area contributed by atoms with Gasteiger partial charge in [-0.05, 0) is 29.8 Å². The van der Waals surface area contributed by atoms with Crippen LogP contribution in [0.5, 0.6) is 0 Å². The first-order valence-corrected chi connectivity index (χ1v) is 4.96. The first kappa shape index (κ1) is 10.9. The van der Waals surface area contributed by atoms with Crippen LogP contribution in [0.3, 0.4) is 0 Å². The Kier molecular flexibility index (Phi) is 2.79. The molecule has 0 aliphatic heterocycles. The van der Waals surface area contributed by atoms with E-state index in [4.69, 9.17) is 17.3 Å². The summed E-state index contributed by atoms with van der Waals surface area (Å²) in [5, 5.41) is 0.424. The average molecular weight is 240 g/mol. The summed E-state index contributed by atoms with van der Waals surface area (Å²) < 4.78 is 27.1. The molecule has 0 unspecified atom stereocenters. The van der Waals surface area contributed by atoms with Crippen LogP contribution in [-0.4, -0.2) is 0 Å². The van der Waals surface area contributed by atoms with Gasteiger partial charge in [-0.15, -0.1) is 0 Å². The van der Waals surface area contributed by atoms with Crippen LogP contribution in [0.1, 0.15) is 0 Å². The number of rotatable bonds is 1. The quantitative estimate of drug-likeness (QED) is 0.751. The van der Waals surface area contributed by atoms with Gasteiger partial charge in [0.2, 0.25) is 0 Å². The molecular weight excluding hydrogens is 232 g/mol. The maximum absolute atomic E-state index is 13.6. The molecule has 4 heteroatoms. The van der Waals surface area contributed by atoms with E-state index in [0.717, 1.165) is 12.1 Å². The Bertz CT molecular complexity index is 517. The molecule has 0 aromatic heterocycles. The van der Waals surface area contributed by atoms with Crippen LogP contribution in [0.2, 0.25) is 5.02 Å². The van der Waals surface area contributed by atoms with Crippen LogP contribution < -0.4 is 5.73 Å². The topological polar surface area (TPSA) is 26.0 Å². The lowest BCUT2D eigenvalue weighted by Crippen LogP contribution is -1.94. The summed E-state index contributed by atoms with van der Waals surface area (Å²) >= 11 is 5.76. The van der Waals surface area contributed by atoms with Crippen molar-refractivity contribution in [2.24, 2.45) is 0 Å². The Morgan fingerprint density at radius 2 is 1.62 bits per heavy atom. The number of nitrogen functional groups attached to an aromatic ring is 1. The zero-order valence-corrected chi connectivity index (χ0v) is 8.93. The van der Waals surface area contributed by atoms with Crippen LogP contribution >= 0.6 is 11.6 Å². The first-order valence-electron chi connectivity index (χ1n) is 4.58. The molecule has 0 aliphatic rings. The van der Waals surface area contributed by atoms with Crippen LogP contribution in [-0.2, 0) is 0 Å². The van der Waals surface area contributed by atoms with Crippen molar-refractivity contribution in [1.29, 1.82) is 0 Å². The zero-order chi connectivity index (χ0) is 11.7. The molecule has 0 atom stereocenters. The van der Waals surface area contributed by atoms with Crippen molar-refractivity contribution in [2.45, 2.75) is 0 Å². The van der Waals surface area contributed by atoms with Gasteiger partial charge in [0.1, 0.15) is 11.6 Å². The monoisotopic (exact) mass is 239 g/mol. The molecule has 0 saturated carbocycles. The third-order valence-corrected chi connectivity index (χ3v) is 2.41. The van der Waals surface area contributed by atoms with E-state index in [-0.39, 0.29) is 11.3 Å². The molecular formula is C12H8ClF2N. The number of hydrogen-bond donors (Lipinski definition) is 1. The molecule has 16 heavy (non-hydrogen) atoms. The van der Waals surface area contributed by atoms with Gasteiger partial charge in [-0.1, -0.05) is 23.7 Å². The standard InChI is InChI=1S/C12H8ClF2N/c13-8-3-1-2-7(4-8)12-10(14)5-9(16)6-11(12)15/h1-6H,16H2. The molecule has 0 bridgehead atoms. The second kappa shape index (κ2) is 4.10. The summed E-state index contributed by atoms with van der Waals surface area (Å²) in [6.45, 7) is 0. The van der Waals surface area contributed by atoms with Crippen LogP contribution in [0.15, 0.2) is 36.4 Å². The molecule has 0 amide bonds. The zero-order valence-electron chi connectivity index (χ0n) is 8.18. The van der Waals surface area contributed by atoms with Gasteiger partial charge in [0.15, 0.2) is 0 Å². The minimum atomic E-state index is -0.695. The van der Waals surface area contributed by atoms with Gasteiger partial charge in [-0.2, -0.15) is 0 Å². The van der Waals surface area contributed by atoms with E-state index in [0.29, 0.717) is 10.6 Å². The molecule has 0 spiro atoms. The van der Waals surface area contributed by atoms with E-state index in [1.54, 1.807) is 18.2 Å². The fourth-order valence-electron chi connectivity index (χ4n) is 1.51. The van der Waals surface area contributed by atoms with E-state index in [1.165, 1.54) is 6.07 Å². The predicted molar refractivity (Wildman–Crippen MR) is 61.2 cm³/mol. The molecule has 0 heterocycles. The van der Waals surface area contributed by atoms with Crippen LogP contribution in [0.25, 0.3) is 11.1 Å². The van der Waals surface area contributed by atoms with Gasteiger partial charge in [0.25, 0.3) is 0 Å². The van der Waals surface area contributed by atoms with E-state index in [9.17, 15) is 8.78 Å². The highest BCUT2D eigenvalue weighted by atomic mass is 35.5. The number of anilines is 1. The molecule has 82 valence electrons. The number of nitrogens with two attached hydrogens (primary N) is 1. The molecule has 0 saturated heterocycles. The summed E-state index contributed by atoms with van der Waals surface area (Å²) in [5.41, 5.74) is 5.66. The van der Waals surface area contributed by atoms with E-state index in [2.05, 4.69) is 0 Å². The third kappa shape index (κ3) is 1.99. The fraction of sp³-hybridized carbons (Fsp3) is 0. The largest absolute Gasteiger partial charge is 0.399 e. The maximum atomic E-state index is 13.6. The summed E-state index contributed by atoms with van der Waals surface area (Å²) in [4.78, 5) is 0. The van der Waals surface area contributed by atoms with Gasteiger partial charge in [-0.25, -0.2) is 8.78 Å². The van der Waals surface area contributed by atoms with E-state index in [1.807, 2.05) is 0 Å². The van der Waals surface area contributed by atoms with Crippen molar-refractivity contribution < 1.29 is 8.78 Å². The molecule has 0 radical (unpaired) electrons. The van der Waals surface area contributed by atoms with Gasteiger partial charge in [-0.3, -0.25) is 0 Å². The Morgan fingerprint density at radius 3 is 2.19 bits per heavy atom. The Labute approximate surface area is 96.5 Å². The highest BCUT2D eigenvalue weighted by Crippen LogP contribution is 2.29. The van der Waals surface area contributed by atoms with Crippen LogP contribution in [0, 0.1) is 11.6 Å². The normalized spacial score (nSPS) is 10.4. The van der Waals surface area contributed by atoms with Crippen molar-refractivity contribution in [3.05, 3.63) is 53.1 Å². The number of benzene rings is 2. The average Bonchev–Trinajstić information content (AvgIpc) is 2.15. The van der Waals surface area contributed by atoms with Crippen molar-refractivity contribution >= 4 is 17.3 Å².